The quantitative estimate of drug-likeness (QED) is 0.0483. The van der Waals surface area contributed by atoms with Gasteiger partial charge in [0.1, 0.15) is 0 Å². The summed E-state index contributed by atoms with van der Waals surface area (Å²) < 4.78 is 0. The fourth-order valence-corrected chi connectivity index (χ4v) is 20.0. The summed E-state index contributed by atoms with van der Waals surface area (Å²) in [7, 11) is 0. The van der Waals surface area contributed by atoms with Crippen molar-refractivity contribution in [1.82, 2.24) is 0 Å². The van der Waals surface area contributed by atoms with Crippen LogP contribution in [0, 0.1) is 0 Å². The Morgan fingerprint density at radius 2 is 0.113 bits per heavy atom. The molecule has 0 N–H and O–H groups in total. The molecule has 712 valence electrons. The van der Waals surface area contributed by atoms with E-state index >= 15 is 0 Å². The van der Waals surface area contributed by atoms with Crippen LogP contribution in [0.25, 0.3) is 111 Å². The molecule has 0 heterocycles. The summed E-state index contributed by atoms with van der Waals surface area (Å²) in [5.41, 5.74) is 43.5. The standard InChI is InChI=1S/C78H57N3.C66H49N3/c1-6-16-58(17-7-1)64-34-46-73(47-35-64)79(70-20-10-3-11-21-70)75-50-38-66(39-51-75)60-26-30-62(31-27-60)68-42-54-77(55-43-68)81(72-24-14-5-15-25-72)78-56-44-69(45-57-78)63-32-28-61(29-33-63)67-40-52-76(53-41-67)80(71-22-12-4-13-23-71)74-48-36-65(37-49-74)59-18-8-2-9-19-59;1-6-16-50(17-7-1)52-26-38-61(39-27-52)67(58-20-10-3-11-21-58)63-42-30-54(31-43-63)56-34-46-65(47-35-56)69(60-24-14-5-15-25-60)66-48-36-57(37-49-66)55-32-44-64(45-33-55)68(59-22-12-4-13-23-59)62-40-28-53(29-41-62)51-18-8-2-9-19-51/h1-57H;1-49H. The molecule has 24 aromatic rings. The number of para-hydroxylation sites is 6. The number of anilines is 18. The van der Waals surface area contributed by atoms with Crippen LogP contribution in [0.1, 0.15) is 0 Å². The van der Waals surface area contributed by atoms with E-state index in [4.69, 9.17) is 0 Å². The lowest BCUT2D eigenvalue weighted by Crippen LogP contribution is -2.10. The monoisotopic (exact) mass is 1920 g/mol. The van der Waals surface area contributed by atoms with Gasteiger partial charge in [-0.3, -0.25) is 0 Å². The molecule has 24 aromatic carbocycles. The van der Waals surface area contributed by atoms with Crippen LogP contribution in [-0.4, -0.2) is 0 Å². The fourth-order valence-electron chi connectivity index (χ4n) is 20.0. The van der Waals surface area contributed by atoms with E-state index in [0.29, 0.717) is 0 Å². The molecule has 0 spiro atoms. The minimum atomic E-state index is 1.09. The minimum absolute atomic E-state index is 1.09. The molecular weight excluding hydrogens is 1810 g/mol. The topological polar surface area (TPSA) is 19.4 Å². The van der Waals surface area contributed by atoms with Gasteiger partial charge < -0.3 is 29.4 Å². The highest BCUT2D eigenvalue weighted by Gasteiger charge is 2.23. The van der Waals surface area contributed by atoms with Crippen molar-refractivity contribution < 1.29 is 0 Å². The van der Waals surface area contributed by atoms with Crippen LogP contribution in [0.15, 0.2) is 643 Å². The zero-order valence-corrected chi connectivity index (χ0v) is 82.9. The Hall–Kier alpha value is -19.9. The van der Waals surface area contributed by atoms with Crippen LogP contribution in [0.5, 0.6) is 0 Å². The second kappa shape index (κ2) is 44.5. The maximum Gasteiger partial charge on any atom is 0.0462 e. The Morgan fingerprint density at radius 3 is 0.200 bits per heavy atom. The van der Waals surface area contributed by atoms with Crippen LogP contribution < -0.4 is 29.4 Å². The highest BCUT2D eigenvalue weighted by atomic mass is 15.2. The van der Waals surface area contributed by atoms with Gasteiger partial charge in [-0.1, -0.05) is 425 Å². The van der Waals surface area contributed by atoms with Crippen LogP contribution in [-0.2, 0) is 0 Å². The highest BCUT2D eigenvalue weighted by Crippen LogP contribution is 2.47. The molecular formula is C144H106N6. The lowest BCUT2D eigenvalue weighted by atomic mass is 9.99. The van der Waals surface area contributed by atoms with Gasteiger partial charge in [-0.2, -0.15) is 0 Å². The molecule has 0 bridgehead atoms. The second-order valence-electron chi connectivity index (χ2n) is 37.2. The molecule has 0 amide bonds. The van der Waals surface area contributed by atoms with Crippen LogP contribution >= 0.6 is 0 Å². The molecule has 0 radical (unpaired) electrons. The average molecular weight is 1920 g/mol. The van der Waals surface area contributed by atoms with Crippen molar-refractivity contribution in [2.24, 2.45) is 0 Å². The molecule has 0 aromatic heterocycles. The third-order valence-electron chi connectivity index (χ3n) is 27.8. The number of rotatable bonds is 28. The SMILES string of the molecule is c1ccc(-c2ccc(N(c3ccccc3)c3ccc(-c4ccc(-c5ccc(N(c6ccccc6)c6ccc(-c7ccc(-c8ccc(N(c9ccccc9)c9ccc(-c%10ccccc%10)cc9)cc8)cc7)cc6)cc5)cc4)cc3)cc2)cc1.c1ccc(-c2ccc(N(c3ccccc3)c3ccc(-c4ccc(N(c5ccccc5)c5ccc(-c6ccc(N(c7ccccc7)c7ccc(-c8ccccc8)cc7)cc6)cc5)cc4)cc3)cc2)cc1. The van der Waals surface area contributed by atoms with Crippen molar-refractivity contribution in [2.75, 3.05) is 29.4 Å². The Morgan fingerprint density at radius 1 is 0.0533 bits per heavy atom. The van der Waals surface area contributed by atoms with Gasteiger partial charge in [0.15, 0.2) is 0 Å². The first-order chi connectivity index (χ1) is 74.4. The molecule has 0 unspecified atom stereocenters. The predicted molar refractivity (Wildman–Crippen MR) is 635 cm³/mol. The smallest absolute Gasteiger partial charge is 0.0462 e. The van der Waals surface area contributed by atoms with Crippen molar-refractivity contribution in [2.45, 2.75) is 0 Å². The first-order valence-corrected chi connectivity index (χ1v) is 51.1. The van der Waals surface area contributed by atoms with Gasteiger partial charge >= 0.3 is 0 Å². The highest BCUT2D eigenvalue weighted by molar-refractivity contribution is 5.90. The van der Waals surface area contributed by atoms with Crippen molar-refractivity contribution in [1.29, 1.82) is 0 Å². The van der Waals surface area contributed by atoms with E-state index in [1.807, 2.05) is 0 Å². The minimum Gasteiger partial charge on any atom is -0.311 e. The summed E-state index contributed by atoms with van der Waals surface area (Å²) in [6.07, 6.45) is 0. The Labute approximate surface area is 879 Å². The zero-order valence-electron chi connectivity index (χ0n) is 82.9. The molecule has 6 heteroatoms. The number of nitrogens with zero attached hydrogens (tertiary/aromatic N) is 6. The number of hydrogen-bond acceptors (Lipinski definition) is 6. The molecule has 0 saturated heterocycles. The van der Waals surface area contributed by atoms with Crippen LogP contribution in [0.2, 0.25) is 0 Å². The van der Waals surface area contributed by atoms with E-state index in [1.165, 1.54) is 89.0 Å². The summed E-state index contributed by atoms with van der Waals surface area (Å²) in [5.74, 6) is 0. The summed E-state index contributed by atoms with van der Waals surface area (Å²) in [4.78, 5) is 13.9. The Balaban J connectivity index is 0.000000166. The average Bonchev–Trinajstić information content (AvgIpc) is 0.805. The number of hydrogen-bond donors (Lipinski definition) is 0. The van der Waals surface area contributed by atoms with Gasteiger partial charge in [-0.15, -0.1) is 0 Å². The van der Waals surface area contributed by atoms with Crippen LogP contribution in [0.4, 0.5) is 102 Å². The molecule has 0 aliphatic heterocycles. The fraction of sp³-hybridized carbons (Fsp3) is 0. The van der Waals surface area contributed by atoms with E-state index in [2.05, 4.69) is 672 Å². The van der Waals surface area contributed by atoms with E-state index in [0.717, 1.165) is 125 Å². The predicted octanol–water partition coefficient (Wildman–Crippen LogP) is 40.9. The number of benzene rings is 24. The molecule has 24 rings (SSSR count). The Kier molecular flexibility index (Phi) is 27.8. The van der Waals surface area contributed by atoms with E-state index < -0.39 is 0 Å². The van der Waals surface area contributed by atoms with Crippen LogP contribution in [0.3, 0.4) is 0 Å². The van der Waals surface area contributed by atoms with Gasteiger partial charge in [0.2, 0.25) is 0 Å². The van der Waals surface area contributed by atoms with Gasteiger partial charge in [-0.25, -0.2) is 0 Å². The first kappa shape index (κ1) is 93.7. The largest absolute Gasteiger partial charge is 0.311 e. The zero-order chi connectivity index (χ0) is 100. The summed E-state index contributed by atoms with van der Waals surface area (Å²) in [6.45, 7) is 0. The van der Waals surface area contributed by atoms with Gasteiger partial charge in [0, 0.05) is 102 Å². The Bertz CT molecular complexity index is 7990. The van der Waals surface area contributed by atoms with Crippen molar-refractivity contribution in [3.8, 4) is 111 Å². The van der Waals surface area contributed by atoms with Crippen molar-refractivity contribution >= 4 is 102 Å². The molecule has 150 heavy (non-hydrogen) atoms. The van der Waals surface area contributed by atoms with E-state index in [1.54, 1.807) is 0 Å². The van der Waals surface area contributed by atoms with E-state index in [-0.39, 0.29) is 0 Å². The summed E-state index contributed by atoms with van der Waals surface area (Å²) in [6, 6.07) is 230. The summed E-state index contributed by atoms with van der Waals surface area (Å²) in [5, 5.41) is 0. The third kappa shape index (κ3) is 21.2. The van der Waals surface area contributed by atoms with Gasteiger partial charge in [-0.05, 0) is 330 Å². The van der Waals surface area contributed by atoms with Gasteiger partial charge in [0.25, 0.3) is 0 Å². The lowest BCUT2D eigenvalue weighted by Gasteiger charge is -2.26. The molecule has 0 saturated carbocycles. The summed E-state index contributed by atoms with van der Waals surface area (Å²) >= 11 is 0. The normalized spacial score (nSPS) is 10.9. The maximum absolute atomic E-state index is 2.32. The first-order valence-electron chi connectivity index (χ1n) is 51.1. The second-order valence-corrected chi connectivity index (χ2v) is 37.2. The van der Waals surface area contributed by atoms with Crippen molar-refractivity contribution in [3.63, 3.8) is 0 Å². The molecule has 6 nitrogen and oxygen atoms in total. The molecule has 0 atom stereocenters. The molecule has 0 fully saturated rings. The lowest BCUT2D eigenvalue weighted by molar-refractivity contribution is 1.28. The van der Waals surface area contributed by atoms with Crippen molar-refractivity contribution in [3.05, 3.63) is 643 Å². The molecule has 0 aliphatic carbocycles. The molecule has 0 aliphatic rings. The van der Waals surface area contributed by atoms with Gasteiger partial charge in [0.05, 0.1) is 0 Å². The third-order valence-corrected chi connectivity index (χ3v) is 27.8. The maximum atomic E-state index is 2.32. The van der Waals surface area contributed by atoms with E-state index in [9.17, 15) is 0 Å².